The van der Waals surface area contributed by atoms with Gasteiger partial charge >= 0.3 is 0 Å². The zero-order chi connectivity index (χ0) is 23.0. The van der Waals surface area contributed by atoms with Gasteiger partial charge < -0.3 is 9.47 Å². The molecule has 0 aliphatic heterocycles. The number of hydrogen-bond acceptors (Lipinski definition) is 6. The van der Waals surface area contributed by atoms with Gasteiger partial charge in [-0.05, 0) is 54.8 Å². The van der Waals surface area contributed by atoms with Crippen LogP contribution in [-0.4, -0.2) is 31.8 Å². The Kier molecular flexibility index (Phi) is 8.05. The van der Waals surface area contributed by atoms with Gasteiger partial charge in [0.25, 0.3) is 10.0 Å². The Balaban J connectivity index is 1.69. The Labute approximate surface area is 189 Å². The first-order chi connectivity index (χ1) is 15.4. The second kappa shape index (κ2) is 10.9. The lowest BCUT2D eigenvalue weighted by atomic mass is 10.1. The predicted octanol–water partition coefficient (Wildman–Crippen LogP) is 5.16. The molecule has 3 aromatic rings. The van der Waals surface area contributed by atoms with Crippen molar-refractivity contribution >= 4 is 15.7 Å². The van der Waals surface area contributed by atoms with Gasteiger partial charge in [-0.25, -0.2) is 8.42 Å². The molecule has 0 radical (unpaired) electrons. The number of aromatic nitrogens is 2. The number of nitrogens with one attached hydrogen (secondary N) is 1. The van der Waals surface area contributed by atoms with E-state index in [9.17, 15) is 8.42 Å². The normalized spacial score (nSPS) is 11.4. The van der Waals surface area contributed by atoms with E-state index in [0.29, 0.717) is 42.1 Å². The third-order valence-electron chi connectivity index (χ3n) is 4.52. The highest BCUT2D eigenvalue weighted by molar-refractivity contribution is 7.92. The fourth-order valence-electron chi connectivity index (χ4n) is 2.81. The van der Waals surface area contributed by atoms with E-state index >= 15 is 0 Å². The summed E-state index contributed by atoms with van der Waals surface area (Å²) in [5.74, 6) is 1.51. The molecule has 1 heterocycles. The van der Waals surface area contributed by atoms with Gasteiger partial charge in [-0.3, -0.25) is 4.72 Å². The van der Waals surface area contributed by atoms with Gasteiger partial charge in [0.05, 0.1) is 23.8 Å². The first kappa shape index (κ1) is 23.5. The Hall–Kier alpha value is -3.13. The summed E-state index contributed by atoms with van der Waals surface area (Å²) >= 11 is 0. The van der Waals surface area contributed by atoms with Crippen molar-refractivity contribution in [3.05, 3.63) is 60.7 Å². The predicted molar refractivity (Wildman–Crippen MR) is 125 cm³/mol. The van der Waals surface area contributed by atoms with E-state index in [1.54, 1.807) is 42.5 Å². The molecule has 0 bridgehead atoms. The van der Waals surface area contributed by atoms with Gasteiger partial charge in [-0.2, -0.15) is 0 Å². The number of hydrogen-bond donors (Lipinski definition) is 1. The van der Waals surface area contributed by atoms with Crippen LogP contribution < -0.4 is 14.2 Å². The van der Waals surface area contributed by atoms with Crippen LogP contribution in [-0.2, 0) is 10.0 Å². The molecule has 1 aromatic heterocycles. The maximum absolute atomic E-state index is 12.8. The molecular weight excluding hydrogens is 426 g/mol. The van der Waals surface area contributed by atoms with Gasteiger partial charge in [0, 0.05) is 17.3 Å². The quantitative estimate of drug-likeness (QED) is 0.402. The first-order valence-electron chi connectivity index (χ1n) is 10.7. The zero-order valence-electron chi connectivity index (χ0n) is 18.6. The summed E-state index contributed by atoms with van der Waals surface area (Å²) in [7, 11) is -3.74. The lowest BCUT2D eigenvalue weighted by molar-refractivity contribution is 0.258. The molecule has 170 valence electrons. The first-order valence-corrected chi connectivity index (χ1v) is 12.2. The standard InChI is InChI=1S/C24H29N3O4S/c1-4-5-15-30-21-9-11-22(12-10-21)32(28,29)27-20-8-6-7-19(16-20)23-13-14-24(26-25-23)31-17-18(2)3/h6-14,16,18,27H,4-5,15,17H2,1-3H3. The average molecular weight is 456 g/mol. The lowest BCUT2D eigenvalue weighted by Gasteiger charge is -2.11. The van der Waals surface area contributed by atoms with E-state index in [4.69, 9.17) is 9.47 Å². The van der Waals surface area contributed by atoms with Crippen molar-refractivity contribution < 1.29 is 17.9 Å². The SMILES string of the molecule is CCCCOc1ccc(S(=O)(=O)Nc2cccc(-c3ccc(OCC(C)C)nn3)c2)cc1. The molecule has 0 fully saturated rings. The summed E-state index contributed by atoms with van der Waals surface area (Å²) < 4.78 is 39.4. The van der Waals surface area contributed by atoms with Crippen LogP contribution in [0.2, 0.25) is 0 Å². The van der Waals surface area contributed by atoms with Crippen molar-refractivity contribution in [2.24, 2.45) is 5.92 Å². The van der Waals surface area contributed by atoms with Crippen molar-refractivity contribution in [2.75, 3.05) is 17.9 Å². The van der Waals surface area contributed by atoms with Crippen molar-refractivity contribution in [2.45, 2.75) is 38.5 Å². The molecular formula is C24H29N3O4S. The van der Waals surface area contributed by atoms with Crippen LogP contribution in [0.4, 0.5) is 5.69 Å². The average Bonchev–Trinajstić information content (AvgIpc) is 2.78. The molecule has 0 saturated carbocycles. The molecule has 0 spiro atoms. The maximum atomic E-state index is 12.8. The van der Waals surface area contributed by atoms with Crippen LogP contribution in [0.3, 0.4) is 0 Å². The van der Waals surface area contributed by atoms with Crippen LogP contribution in [0, 0.1) is 5.92 Å². The van der Waals surface area contributed by atoms with Gasteiger partial charge in [-0.15, -0.1) is 10.2 Å². The van der Waals surface area contributed by atoms with Gasteiger partial charge in [0.1, 0.15) is 5.75 Å². The largest absolute Gasteiger partial charge is 0.494 e. The molecule has 1 N–H and O–H groups in total. The van der Waals surface area contributed by atoms with Crippen LogP contribution in [0.25, 0.3) is 11.3 Å². The van der Waals surface area contributed by atoms with E-state index in [0.717, 1.165) is 18.4 Å². The highest BCUT2D eigenvalue weighted by atomic mass is 32.2. The van der Waals surface area contributed by atoms with Crippen LogP contribution in [0.1, 0.15) is 33.6 Å². The Morgan fingerprint density at radius 2 is 1.75 bits per heavy atom. The third kappa shape index (κ3) is 6.68. The second-order valence-corrected chi connectivity index (χ2v) is 9.50. The summed E-state index contributed by atoms with van der Waals surface area (Å²) in [5.41, 5.74) is 1.80. The molecule has 7 nitrogen and oxygen atoms in total. The molecule has 0 saturated heterocycles. The monoisotopic (exact) mass is 455 g/mol. The molecule has 0 aliphatic rings. The van der Waals surface area contributed by atoms with Crippen molar-refractivity contribution in [3.63, 3.8) is 0 Å². The van der Waals surface area contributed by atoms with Crippen LogP contribution >= 0.6 is 0 Å². The number of rotatable bonds is 11. The molecule has 0 aliphatic carbocycles. The Morgan fingerprint density at radius 1 is 0.969 bits per heavy atom. The number of anilines is 1. The lowest BCUT2D eigenvalue weighted by Crippen LogP contribution is -2.13. The molecule has 0 unspecified atom stereocenters. The van der Waals surface area contributed by atoms with Crippen molar-refractivity contribution in [3.8, 4) is 22.9 Å². The fourth-order valence-corrected chi connectivity index (χ4v) is 3.86. The molecule has 0 amide bonds. The second-order valence-electron chi connectivity index (χ2n) is 7.82. The van der Waals surface area contributed by atoms with Crippen molar-refractivity contribution in [1.82, 2.24) is 10.2 Å². The Morgan fingerprint density at radius 3 is 2.41 bits per heavy atom. The van der Waals surface area contributed by atoms with Gasteiger partial charge in [0.15, 0.2) is 0 Å². The van der Waals surface area contributed by atoms with E-state index in [2.05, 4.69) is 35.7 Å². The molecule has 2 aromatic carbocycles. The number of nitrogens with zero attached hydrogens (tertiary/aromatic N) is 2. The highest BCUT2D eigenvalue weighted by Gasteiger charge is 2.15. The summed E-state index contributed by atoms with van der Waals surface area (Å²) in [6.45, 7) is 7.39. The zero-order valence-corrected chi connectivity index (χ0v) is 19.4. The Bertz CT molecular complexity index is 1100. The highest BCUT2D eigenvalue weighted by Crippen LogP contribution is 2.24. The van der Waals surface area contributed by atoms with Gasteiger partial charge in [0.2, 0.25) is 5.88 Å². The van der Waals surface area contributed by atoms with Gasteiger partial charge in [-0.1, -0.05) is 39.3 Å². The van der Waals surface area contributed by atoms with E-state index in [1.165, 1.54) is 12.1 Å². The molecule has 8 heteroatoms. The number of benzene rings is 2. The van der Waals surface area contributed by atoms with Crippen LogP contribution in [0.15, 0.2) is 65.6 Å². The maximum Gasteiger partial charge on any atom is 0.261 e. The fraction of sp³-hybridized carbons (Fsp3) is 0.333. The van der Waals surface area contributed by atoms with E-state index < -0.39 is 10.0 Å². The minimum atomic E-state index is -3.74. The van der Waals surface area contributed by atoms with Crippen LogP contribution in [0.5, 0.6) is 11.6 Å². The number of unbranched alkanes of at least 4 members (excludes halogenated alkanes) is 1. The molecule has 0 atom stereocenters. The molecule has 32 heavy (non-hydrogen) atoms. The summed E-state index contributed by atoms with van der Waals surface area (Å²) in [6.07, 6.45) is 1.99. The minimum absolute atomic E-state index is 0.164. The van der Waals surface area contributed by atoms with E-state index in [-0.39, 0.29) is 4.90 Å². The minimum Gasteiger partial charge on any atom is -0.494 e. The van der Waals surface area contributed by atoms with Crippen molar-refractivity contribution in [1.29, 1.82) is 0 Å². The third-order valence-corrected chi connectivity index (χ3v) is 5.91. The summed E-state index contributed by atoms with van der Waals surface area (Å²) in [5, 5.41) is 8.29. The topological polar surface area (TPSA) is 90.4 Å². The smallest absolute Gasteiger partial charge is 0.261 e. The summed E-state index contributed by atoms with van der Waals surface area (Å²) in [4.78, 5) is 0.164. The number of ether oxygens (including phenoxy) is 2. The number of sulfonamides is 1. The van der Waals surface area contributed by atoms with E-state index in [1.807, 2.05) is 6.07 Å². The molecule has 3 rings (SSSR count). The summed E-state index contributed by atoms with van der Waals surface area (Å²) in [6, 6.07) is 17.0.